The highest BCUT2D eigenvalue weighted by Crippen LogP contribution is 1.85. The fourth-order valence-corrected chi connectivity index (χ4v) is 0.619. The first kappa shape index (κ1) is 10.8. The van der Waals surface area contributed by atoms with Gasteiger partial charge in [-0.2, -0.15) is 0 Å². The number of hydrogen-bond acceptors (Lipinski definition) is 3. The third kappa shape index (κ3) is 5.53. The van der Waals surface area contributed by atoms with Crippen LogP contribution < -0.4 is 10.6 Å². The van der Waals surface area contributed by atoms with Crippen molar-refractivity contribution in [3.63, 3.8) is 0 Å². The molecule has 0 atom stereocenters. The van der Waals surface area contributed by atoms with E-state index < -0.39 is 0 Å². The first-order valence-corrected chi connectivity index (χ1v) is 4.20. The summed E-state index contributed by atoms with van der Waals surface area (Å²) in [6.07, 6.45) is 7.38. The Balaban J connectivity index is 0.000000561. The SMILES string of the molecule is CC.CC1=C/N/C=C\NC/N=C\1. The van der Waals surface area contributed by atoms with Gasteiger partial charge in [0.05, 0.1) is 0 Å². The summed E-state index contributed by atoms with van der Waals surface area (Å²) in [6, 6.07) is 0. The molecule has 1 rings (SSSR count). The minimum absolute atomic E-state index is 0.642. The van der Waals surface area contributed by atoms with Crippen molar-refractivity contribution in [2.75, 3.05) is 6.67 Å². The Hall–Kier alpha value is -1.25. The van der Waals surface area contributed by atoms with Crippen molar-refractivity contribution in [1.82, 2.24) is 10.6 Å². The molecule has 2 N–H and O–H groups in total. The van der Waals surface area contributed by atoms with E-state index in [1.54, 1.807) is 0 Å². The molecule has 0 aromatic carbocycles. The number of nitrogens with one attached hydrogen (secondary N) is 2. The predicted molar refractivity (Wildman–Crippen MR) is 53.9 cm³/mol. The zero-order valence-corrected chi connectivity index (χ0v) is 7.96. The zero-order valence-electron chi connectivity index (χ0n) is 7.96. The van der Waals surface area contributed by atoms with Crippen LogP contribution in [0.3, 0.4) is 0 Å². The largest absolute Gasteiger partial charge is 0.371 e. The molecule has 0 fully saturated rings. The minimum Gasteiger partial charge on any atom is -0.371 e. The van der Waals surface area contributed by atoms with Gasteiger partial charge in [-0.1, -0.05) is 13.8 Å². The van der Waals surface area contributed by atoms with Crippen molar-refractivity contribution in [2.24, 2.45) is 4.99 Å². The molecule has 0 radical (unpaired) electrons. The lowest BCUT2D eigenvalue weighted by Crippen LogP contribution is -2.04. The predicted octanol–water partition coefficient (Wildman–Crippen LogP) is 1.61. The second kappa shape index (κ2) is 7.85. The first-order valence-electron chi connectivity index (χ1n) is 4.20. The van der Waals surface area contributed by atoms with Gasteiger partial charge in [0.1, 0.15) is 6.67 Å². The van der Waals surface area contributed by atoms with Gasteiger partial charge in [-0.3, -0.25) is 4.99 Å². The Kier molecular flexibility index (Phi) is 7.03. The fourth-order valence-electron chi connectivity index (χ4n) is 0.619. The van der Waals surface area contributed by atoms with Gasteiger partial charge in [0.15, 0.2) is 0 Å². The highest BCUT2D eigenvalue weighted by molar-refractivity contribution is 5.77. The Labute approximate surface area is 74.3 Å². The summed E-state index contributed by atoms with van der Waals surface area (Å²) in [5.74, 6) is 0. The lowest BCUT2D eigenvalue weighted by molar-refractivity contribution is 0.883. The van der Waals surface area contributed by atoms with Gasteiger partial charge in [-0.05, 0) is 12.5 Å². The summed E-state index contributed by atoms with van der Waals surface area (Å²) in [5.41, 5.74) is 1.12. The number of hydrogen-bond donors (Lipinski definition) is 2. The van der Waals surface area contributed by atoms with Crippen molar-refractivity contribution in [2.45, 2.75) is 20.8 Å². The molecule has 1 heterocycles. The van der Waals surface area contributed by atoms with Crippen molar-refractivity contribution >= 4 is 6.21 Å². The Morgan fingerprint density at radius 2 is 2.08 bits per heavy atom. The molecule has 0 spiro atoms. The van der Waals surface area contributed by atoms with Crippen LogP contribution in [-0.2, 0) is 0 Å². The summed E-state index contributed by atoms with van der Waals surface area (Å²) < 4.78 is 0. The molecule has 1 aliphatic rings. The van der Waals surface area contributed by atoms with E-state index in [0.717, 1.165) is 5.57 Å². The topological polar surface area (TPSA) is 36.4 Å². The van der Waals surface area contributed by atoms with Gasteiger partial charge in [-0.15, -0.1) is 0 Å². The summed E-state index contributed by atoms with van der Waals surface area (Å²) in [4.78, 5) is 4.08. The van der Waals surface area contributed by atoms with Crippen LogP contribution in [-0.4, -0.2) is 12.9 Å². The van der Waals surface area contributed by atoms with Crippen LogP contribution in [0.2, 0.25) is 0 Å². The quantitative estimate of drug-likeness (QED) is 0.575. The fraction of sp³-hybridized carbons (Fsp3) is 0.444. The van der Waals surface area contributed by atoms with Crippen molar-refractivity contribution in [1.29, 1.82) is 0 Å². The van der Waals surface area contributed by atoms with E-state index in [4.69, 9.17) is 0 Å². The van der Waals surface area contributed by atoms with Gasteiger partial charge < -0.3 is 10.6 Å². The number of aliphatic imine (C=N–C) groups is 1. The minimum atomic E-state index is 0.642. The van der Waals surface area contributed by atoms with E-state index in [-0.39, 0.29) is 0 Å². The summed E-state index contributed by atoms with van der Waals surface area (Å²) in [6.45, 7) is 6.64. The lowest BCUT2D eigenvalue weighted by atomic mass is 10.4. The third-order valence-electron chi connectivity index (χ3n) is 1.09. The van der Waals surface area contributed by atoms with Gasteiger partial charge in [0.25, 0.3) is 0 Å². The van der Waals surface area contributed by atoms with Gasteiger partial charge >= 0.3 is 0 Å². The van der Waals surface area contributed by atoms with Gasteiger partial charge in [0.2, 0.25) is 0 Å². The van der Waals surface area contributed by atoms with Crippen molar-refractivity contribution < 1.29 is 0 Å². The number of allylic oxidation sites excluding steroid dienone is 1. The first-order chi connectivity index (χ1) is 5.89. The van der Waals surface area contributed by atoms with Crippen LogP contribution in [0.25, 0.3) is 0 Å². The Morgan fingerprint density at radius 3 is 2.83 bits per heavy atom. The Morgan fingerprint density at radius 1 is 1.33 bits per heavy atom. The zero-order chi connectivity index (χ0) is 9.23. The van der Waals surface area contributed by atoms with E-state index in [0.29, 0.717) is 6.67 Å². The molecule has 3 nitrogen and oxygen atoms in total. The third-order valence-corrected chi connectivity index (χ3v) is 1.09. The van der Waals surface area contributed by atoms with Gasteiger partial charge in [-0.25, -0.2) is 0 Å². The molecule has 68 valence electrons. The van der Waals surface area contributed by atoms with Crippen LogP contribution in [0, 0.1) is 0 Å². The highest BCUT2D eigenvalue weighted by Gasteiger charge is 1.82. The van der Waals surface area contributed by atoms with Crippen molar-refractivity contribution in [3.8, 4) is 0 Å². The lowest BCUT2D eigenvalue weighted by Gasteiger charge is -1.89. The monoisotopic (exact) mass is 167 g/mol. The summed E-state index contributed by atoms with van der Waals surface area (Å²) >= 11 is 0. The Bertz CT molecular complexity index is 180. The second-order valence-electron chi connectivity index (χ2n) is 2.06. The molecule has 0 aromatic rings. The standard InChI is InChI=1S/C7H11N3.C2H6/c1-7-4-8-2-3-9-6-10-5-7;1-2/h2-5,8-9H,6H2,1H3;1-2H3/b3-2-,7-4-,10-5-;. The van der Waals surface area contributed by atoms with E-state index in [1.165, 1.54) is 0 Å². The molecule has 0 aliphatic carbocycles. The number of rotatable bonds is 0. The average Bonchev–Trinajstić information content (AvgIpc) is 2.22. The van der Waals surface area contributed by atoms with E-state index in [2.05, 4.69) is 15.6 Å². The number of nitrogens with zero attached hydrogens (tertiary/aromatic N) is 1. The molecular weight excluding hydrogens is 150 g/mol. The maximum absolute atomic E-state index is 4.08. The molecule has 12 heavy (non-hydrogen) atoms. The van der Waals surface area contributed by atoms with E-state index >= 15 is 0 Å². The molecule has 0 aromatic heterocycles. The maximum atomic E-state index is 4.08. The molecule has 0 bridgehead atoms. The highest BCUT2D eigenvalue weighted by atomic mass is 15.0. The average molecular weight is 167 g/mol. The summed E-state index contributed by atoms with van der Waals surface area (Å²) in [7, 11) is 0. The molecule has 0 amide bonds. The van der Waals surface area contributed by atoms with Crippen LogP contribution in [0.4, 0.5) is 0 Å². The summed E-state index contributed by atoms with van der Waals surface area (Å²) in [5, 5.41) is 5.95. The van der Waals surface area contributed by atoms with E-state index in [9.17, 15) is 0 Å². The van der Waals surface area contributed by atoms with Crippen LogP contribution >= 0.6 is 0 Å². The normalized spacial score (nSPS) is 24.8. The maximum Gasteiger partial charge on any atom is 0.107 e. The van der Waals surface area contributed by atoms with E-state index in [1.807, 2.05) is 45.6 Å². The molecule has 0 saturated heterocycles. The van der Waals surface area contributed by atoms with Crippen molar-refractivity contribution in [3.05, 3.63) is 24.2 Å². The second-order valence-corrected chi connectivity index (χ2v) is 2.06. The molecular formula is C9H17N3. The molecule has 0 unspecified atom stereocenters. The van der Waals surface area contributed by atoms with Crippen LogP contribution in [0.1, 0.15) is 20.8 Å². The smallest absolute Gasteiger partial charge is 0.107 e. The molecule has 0 saturated carbocycles. The van der Waals surface area contributed by atoms with Crippen LogP contribution in [0.5, 0.6) is 0 Å². The molecule has 3 heteroatoms. The van der Waals surface area contributed by atoms with Gasteiger partial charge in [0, 0.05) is 24.8 Å². The van der Waals surface area contributed by atoms with Crippen LogP contribution in [0.15, 0.2) is 29.2 Å². The molecule has 1 aliphatic heterocycles.